The van der Waals surface area contributed by atoms with E-state index < -0.39 is 23.2 Å². The van der Waals surface area contributed by atoms with Gasteiger partial charge in [-0.15, -0.1) is 0 Å². The second-order valence-electron chi connectivity index (χ2n) is 8.50. The Morgan fingerprint density at radius 1 is 1.11 bits per heavy atom. The van der Waals surface area contributed by atoms with Gasteiger partial charge in [-0.25, -0.2) is 9.97 Å². The van der Waals surface area contributed by atoms with Gasteiger partial charge < -0.3 is 15.2 Å². The molecule has 0 fully saturated rings. The molecular formula is C27H25F3N6O. The number of benzene rings is 2. The van der Waals surface area contributed by atoms with Crippen LogP contribution in [0.2, 0.25) is 0 Å². The van der Waals surface area contributed by atoms with Crippen LogP contribution in [0, 0.1) is 11.3 Å². The summed E-state index contributed by atoms with van der Waals surface area (Å²) in [7, 11) is 0. The summed E-state index contributed by atoms with van der Waals surface area (Å²) in [5.74, 6) is 0.776. The molecule has 37 heavy (non-hydrogen) atoms. The first-order chi connectivity index (χ1) is 17.7. The second kappa shape index (κ2) is 10.7. The van der Waals surface area contributed by atoms with Crippen LogP contribution in [0.15, 0.2) is 54.7 Å². The van der Waals surface area contributed by atoms with E-state index in [1.165, 1.54) is 12.1 Å². The van der Waals surface area contributed by atoms with Crippen LogP contribution in [0.4, 0.5) is 24.7 Å². The number of carbonyl (C=O) groups is 1. The number of fused-ring (bicyclic) bond motifs is 1. The number of para-hydroxylation sites is 1. The molecule has 4 rings (SSSR count). The van der Waals surface area contributed by atoms with Gasteiger partial charge in [0.05, 0.1) is 28.3 Å². The molecule has 0 saturated heterocycles. The summed E-state index contributed by atoms with van der Waals surface area (Å²) in [6.07, 6.45) is -0.979. The van der Waals surface area contributed by atoms with Gasteiger partial charge in [-0.05, 0) is 55.3 Å². The zero-order chi connectivity index (χ0) is 26.6. The van der Waals surface area contributed by atoms with Gasteiger partial charge in [0.1, 0.15) is 17.2 Å². The van der Waals surface area contributed by atoms with Crippen LogP contribution in [0.5, 0.6) is 0 Å². The van der Waals surface area contributed by atoms with Crippen molar-refractivity contribution in [2.75, 3.05) is 23.3 Å². The topological polar surface area (TPSA) is 97.7 Å². The first-order valence-electron chi connectivity index (χ1n) is 11.9. The number of rotatable bonds is 8. The Morgan fingerprint density at radius 2 is 1.86 bits per heavy atom. The van der Waals surface area contributed by atoms with Crippen LogP contribution >= 0.6 is 0 Å². The fourth-order valence-electron chi connectivity index (χ4n) is 4.10. The summed E-state index contributed by atoms with van der Waals surface area (Å²) >= 11 is 0. The number of nitrogens with one attached hydrogen (secondary N) is 2. The van der Waals surface area contributed by atoms with E-state index in [0.29, 0.717) is 16.9 Å². The van der Waals surface area contributed by atoms with Crippen molar-refractivity contribution < 1.29 is 18.0 Å². The predicted molar refractivity (Wildman–Crippen MR) is 136 cm³/mol. The van der Waals surface area contributed by atoms with Crippen LogP contribution in [0.3, 0.4) is 0 Å². The number of pyridine rings is 1. The molecule has 4 aromatic rings. The summed E-state index contributed by atoms with van der Waals surface area (Å²) in [5, 5.41) is 11.5. The number of H-pyrrole nitrogens is 1. The van der Waals surface area contributed by atoms with Gasteiger partial charge in [-0.3, -0.25) is 4.79 Å². The van der Waals surface area contributed by atoms with Crippen molar-refractivity contribution in [3.8, 4) is 17.5 Å². The number of anilines is 2. The molecule has 0 atom stereocenters. The number of halogens is 3. The van der Waals surface area contributed by atoms with Crippen LogP contribution in [-0.4, -0.2) is 33.9 Å². The Bertz CT molecular complexity index is 1450. The molecule has 0 saturated carbocycles. The third-order valence-electron chi connectivity index (χ3n) is 5.79. The molecule has 2 heterocycles. The summed E-state index contributed by atoms with van der Waals surface area (Å²) in [4.78, 5) is 27.6. The molecule has 1 amide bonds. The number of carbonyl (C=O) groups excluding carboxylic acids is 1. The van der Waals surface area contributed by atoms with Crippen molar-refractivity contribution in [1.82, 2.24) is 15.0 Å². The Hall–Kier alpha value is -4.39. The number of nitriles is 1. The highest BCUT2D eigenvalue weighted by molar-refractivity contribution is 6.11. The Kier molecular flexibility index (Phi) is 7.43. The van der Waals surface area contributed by atoms with Gasteiger partial charge in [0.2, 0.25) is 0 Å². The van der Waals surface area contributed by atoms with Crippen LogP contribution in [0.25, 0.3) is 22.4 Å². The zero-order valence-corrected chi connectivity index (χ0v) is 20.4. The molecule has 0 aliphatic carbocycles. The number of aromatic amines is 1. The summed E-state index contributed by atoms with van der Waals surface area (Å²) in [5.41, 5.74) is 0.203. The minimum atomic E-state index is -4.73. The predicted octanol–water partition coefficient (Wildman–Crippen LogP) is 6.39. The largest absolute Gasteiger partial charge is 0.417 e. The lowest BCUT2D eigenvalue weighted by atomic mass is 10.1. The van der Waals surface area contributed by atoms with Gasteiger partial charge in [0.15, 0.2) is 0 Å². The standard InChI is InChI=1S/C27H25F3N6O/c1-3-12-36(13-4-2)23-11-9-18(16-32-23)25-34-22-7-5-6-20(24(22)35-25)26(37)33-19-10-8-17(15-31)21(14-19)27(28,29)30/h5-11,14,16H,3-4,12-13H2,1-2H3,(H,33,37)(H,34,35). The van der Waals surface area contributed by atoms with Crippen molar-refractivity contribution in [2.45, 2.75) is 32.9 Å². The van der Waals surface area contributed by atoms with E-state index in [-0.39, 0.29) is 11.3 Å². The van der Waals surface area contributed by atoms with Gasteiger partial charge in [-0.1, -0.05) is 19.9 Å². The van der Waals surface area contributed by atoms with E-state index >= 15 is 0 Å². The third-order valence-corrected chi connectivity index (χ3v) is 5.79. The molecule has 0 spiro atoms. The normalized spacial score (nSPS) is 11.4. The average Bonchev–Trinajstić information content (AvgIpc) is 3.32. The minimum absolute atomic E-state index is 0.0763. The Balaban J connectivity index is 1.61. The fourth-order valence-corrected chi connectivity index (χ4v) is 4.10. The average molecular weight is 507 g/mol. The van der Waals surface area contributed by atoms with E-state index in [1.54, 1.807) is 24.4 Å². The summed E-state index contributed by atoms with van der Waals surface area (Å²) in [6, 6.07) is 13.4. The van der Waals surface area contributed by atoms with Crippen molar-refractivity contribution in [2.24, 2.45) is 0 Å². The van der Waals surface area contributed by atoms with E-state index in [1.807, 2.05) is 12.1 Å². The van der Waals surface area contributed by atoms with Gasteiger partial charge in [-0.2, -0.15) is 18.4 Å². The maximum atomic E-state index is 13.3. The number of nitrogens with zero attached hydrogens (tertiary/aromatic N) is 4. The highest BCUT2D eigenvalue weighted by Gasteiger charge is 2.34. The first kappa shape index (κ1) is 25.7. The molecular weight excluding hydrogens is 481 g/mol. The van der Waals surface area contributed by atoms with E-state index in [0.717, 1.165) is 49.4 Å². The lowest BCUT2D eigenvalue weighted by Gasteiger charge is -2.22. The lowest BCUT2D eigenvalue weighted by Crippen LogP contribution is -2.25. The molecule has 2 N–H and O–H groups in total. The van der Waals surface area contributed by atoms with Crippen molar-refractivity contribution in [3.63, 3.8) is 0 Å². The molecule has 2 aromatic carbocycles. The first-order valence-corrected chi connectivity index (χ1v) is 11.9. The molecule has 2 aromatic heterocycles. The van der Waals surface area contributed by atoms with Crippen LogP contribution in [0.1, 0.15) is 48.2 Å². The number of aromatic nitrogens is 3. The lowest BCUT2D eigenvalue weighted by molar-refractivity contribution is -0.137. The number of amides is 1. The Morgan fingerprint density at radius 3 is 2.49 bits per heavy atom. The quantitative estimate of drug-likeness (QED) is 0.288. The highest BCUT2D eigenvalue weighted by Crippen LogP contribution is 2.34. The van der Waals surface area contributed by atoms with Crippen LogP contribution < -0.4 is 10.2 Å². The van der Waals surface area contributed by atoms with Crippen molar-refractivity contribution in [1.29, 1.82) is 5.26 Å². The number of hydrogen-bond acceptors (Lipinski definition) is 5. The van der Waals surface area contributed by atoms with Crippen LogP contribution in [-0.2, 0) is 6.18 Å². The minimum Gasteiger partial charge on any atom is -0.357 e. The summed E-state index contributed by atoms with van der Waals surface area (Å²) < 4.78 is 39.9. The second-order valence-corrected chi connectivity index (χ2v) is 8.50. The Labute approximate surface area is 212 Å². The fraction of sp³-hybridized carbons (Fsp3) is 0.259. The number of hydrogen-bond donors (Lipinski definition) is 2. The van der Waals surface area contributed by atoms with Crippen molar-refractivity contribution in [3.05, 3.63) is 71.4 Å². The van der Waals surface area contributed by atoms with E-state index in [2.05, 4.69) is 39.0 Å². The molecule has 0 aliphatic rings. The number of alkyl halides is 3. The zero-order valence-electron chi connectivity index (χ0n) is 20.4. The van der Waals surface area contributed by atoms with Gasteiger partial charge in [0.25, 0.3) is 5.91 Å². The molecule has 0 bridgehead atoms. The number of imidazole rings is 1. The maximum Gasteiger partial charge on any atom is 0.417 e. The molecule has 0 aliphatic heterocycles. The molecule has 7 nitrogen and oxygen atoms in total. The van der Waals surface area contributed by atoms with E-state index in [4.69, 9.17) is 5.26 Å². The summed E-state index contributed by atoms with van der Waals surface area (Å²) in [6.45, 7) is 6.06. The smallest absolute Gasteiger partial charge is 0.357 e. The SMILES string of the molecule is CCCN(CCC)c1ccc(-c2nc3c(C(=O)Nc4ccc(C#N)c(C(F)(F)F)c4)cccc3[nH]2)cn1. The van der Waals surface area contributed by atoms with E-state index in [9.17, 15) is 18.0 Å². The molecule has 10 heteroatoms. The molecule has 0 unspecified atom stereocenters. The maximum absolute atomic E-state index is 13.3. The monoisotopic (exact) mass is 506 g/mol. The molecule has 0 radical (unpaired) electrons. The van der Waals surface area contributed by atoms with Crippen molar-refractivity contribution >= 4 is 28.4 Å². The highest BCUT2D eigenvalue weighted by atomic mass is 19.4. The van der Waals surface area contributed by atoms with Gasteiger partial charge in [0, 0.05) is 30.5 Å². The van der Waals surface area contributed by atoms with Gasteiger partial charge >= 0.3 is 6.18 Å². The third kappa shape index (κ3) is 5.56. The molecule has 190 valence electrons.